The van der Waals surface area contributed by atoms with E-state index in [2.05, 4.69) is 31.2 Å². The SMILES string of the molecule is CCCOCCOCCOCCOc1ccc(-c2ccc(OCC)cc2)cc1.CO.Oc1ccc(-c2ccc(O)cc2)cc1. The molecule has 0 unspecified atom stereocenters. The van der Waals surface area contributed by atoms with Crippen molar-refractivity contribution in [1.82, 2.24) is 0 Å². The Balaban J connectivity index is 0.000000350. The average Bonchev–Trinajstić information content (AvgIpc) is 3.06. The zero-order chi connectivity index (χ0) is 31.8. The normalized spacial score (nSPS) is 10.2. The van der Waals surface area contributed by atoms with Gasteiger partial charge in [0.25, 0.3) is 0 Å². The molecule has 4 aromatic carbocycles. The molecule has 0 aliphatic heterocycles. The van der Waals surface area contributed by atoms with Crippen LogP contribution >= 0.6 is 0 Å². The highest BCUT2D eigenvalue weighted by atomic mass is 16.6. The number of ether oxygens (including phenoxy) is 5. The van der Waals surface area contributed by atoms with E-state index in [-0.39, 0.29) is 11.5 Å². The lowest BCUT2D eigenvalue weighted by atomic mass is 10.1. The van der Waals surface area contributed by atoms with Crippen molar-refractivity contribution >= 4 is 0 Å². The fourth-order valence-corrected chi connectivity index (χ4v) is 3.87. The number of phenols is 2. The predicted octanol–water partition coefficient (Wildman–Crippen LogP) is 6.96. The lowest BCUT2D eigenvalue weighted by Crippen LogP contribution is -2.12. The summed E-state index contributed by atoms with van der Waals surface area (Å²) in [5, 5.41) is 25.2. The number of aliphatic hydroxyl groups excluding tert-OH is 1. The van der Waals surface area contributed by atoms with Crippen molar-refractivity contribution in [2.45, 2.75) is 20.3 Å². The fraction of sp³-hybridized carbons (Fsp3) is 0.333. The van der Waals surface area contributed by atoms with Gasteiger partial charge in [-0.3, -0.25) is 0 Å². The van der Waals surface area contributed by atoms with Crippen LogP contribution in [0.5, 0.6) is 23.0 Å². The first-order valence-corrected chi connectivity index (χ1v) is 14.8. The van der Waals surface area contributed by atoms with E-state index >= 15 is 0 Å². The van der Waals surface area contributed by atoms with Gasteiger partial charge >= 0.3 is 0 Å². The molecule has 44 heavy (non-hydrogen) atoms. The third kappa shape index (κ3) is 14.4. The molecule has 3 N–H and O–H groups in total. The summed E-state index contributed by atoms with van der Waals surface area (Å²) < 4.78 is 27.5. The topological polar surface area (TPSA) is 107 Å². The summed E-state index contributed by atoms with van der Waals surface area (Å²) in [5.74, 6) is 2.24. The molecule has 8 nitrogen and oxygen atoms in total. The van der Waals surface area contributed by atoms with Crippen molar-refractivity contribution < 1.29 is 39.0 Å². The Morgan fingerprint density at radius 1 is 0.409 bits per heavy atom. The summed E-state index contributed by atoms with van der Waals surface area (Å²) in [6, 6.07) is 30.1. The van der Waals surface area contributed by atoms with Crippen molar-refractivity contribution in [1.29, 1.82) is 0 Å². The summed E-state index contributed by atoms with van der Waals surface area (Å²) in [6.07, 6.45) is 1.04. The van der Waals surface area contributed by atoms with E-state index in [4.69, 9.17) is 39.0 Å². The van der Waals surface area contributed by atoms with Crippen LogP contribution in [0.1, 0.15) is 20.3 Å². The summed E-state index contributed by atoms with van der Waals surface area (Å²) in [6.45, 7) is 8.99. The average molecular weight is 607 g/mol. The van der Waals surface area contributed by atoms with Gasteiger partial charge in [-0.15, -0.1) is 0 Å². The van der Waals surface area contributed by atoms with Crippen molar-refractivity contribution in [2.75, 3.05) is 60.0 Å². The first-order chi connectivity index (χ1) is 21.6. The summed E-state index contributed by atoms with van der Waals surface area (Å²) >= 11 is 0. The summed E-state index contributed by atoms with van der Waals surface area (Å²) in [5.41, 5.74) is 4.33. The van der Waals surface area contributed by atoms with Crippen LogP contribution in [-0.4, -0.2) is 75.3 Å². The maximum atomic E-state index is 9.11. The Kier molecular flexibility index (Phi) is 18.4. The number of aromatic hydroxyl groups is 2. The van der Waals surface area contributed by atoms with Crippen molar-refractivity contribution in [3.63, 3.8) is 0 Å². The van der Waals surface area contributed by atoms with Crippen LogP contribution < -0.4 is 9.47 Å². The van der Waals surface area contributed by atoms with Crippen molar-refractivity contribution in [3.05, 3.63) is 97.1 Å². The second kappa shape index (κ2) is 22.5. The van der Waals surface area contributed by atoms with E-state index in [9.17, 15) is 0 Å². The Bertz CT molecular complexity index is 1200. The molecule has 0 heterocycles. The molecule has 0 radical (unpaired) electrons. The van der Waals surface area contributed by atoms with Crippen LogP contribution in [0.4, 0.5) is 0 Å². The molecule has 0 aromatic heterocycles. The number of hydrogen-bond acceptors (Lipinski definition) is 8. The van der Waals surface area contributed by atoms with E-state index in [1.165, 1.54) is 0 Å². The quantitative estimate of drug-likeness (QED) is 0.118. The molecular formula is C36H46O8. The van der Waals surface area contributed by atoms with Crippen LogP contribution in [0.25, 0.3) is 22.3 Å². The Morgan fingerprint density at radius 2 is 0.727 bits per heavy atom. The van der Waals surface area contributed by atoms with Gasteiger partial charge in [0.1, 0.15) is 29.6 Å². The third-order valence-electron chi connectivity index (χ3n) is 6.01. The van der Waals surface area contributed by atoms with Gasteiger partial charge < -0.3 is 39.0 Å². The number of phenolic OH excluding ortho intramolecular Hbond substituents is 2. The first-order valence-electron chi connectivity index (χ1n) is 14.8. The fourth-order valence-electron chi connectivity index (χ4n) is 3.87. The highest BCUT2D eigenvalue weighted by Crippen LogP contribution is 2.25. The van der Waals surface area contributed by atoms with E-state index in [1.54, 1.807) is 24.3 Å². The van der Waals surface area contributed by atoms with Crippen LogP contribution in [0.2, 0.25) is 0 Å². The molecule has 238 valence electrons. The van der Waals surface area contributed by atoms with Crippen LogP contribution in [0.3, 0.4) is 0 Å². The van der Waals surface area contributed by atoms with E-state index in [0.29, 0.717) is 46.2 Å². The lowest BCUT2D eigenvalue weighted by Gasteiger charge is -2.09. The van der Waals surface area contributed by atoms with E-state index in [0.717, 1.165) is 53.9 Å². The predicted molar refractivity (Wildman–Crippen MR) is 175 cm³/mol. The number of rotatable bonds is 16. The molecule has 0 saturated heterocycles. The molecule has 0 aliphatic carbocycles. The number of benzene rings is 4. The van der Waals surface area contributed by atoms with Gasteiger partial charge in [-0.2, -0.15) is 0 Å². The van der Waals surface area contributed by atoms with Gasteiger partial charge in [0.05, 0.1) is 39.6 Å². The zero-order valence-corrected chi connectivity index (χ0v) is 26.0. The highest BCUT2D eigenvalue weighted by molar-refractivity contribution is 5.65. The van der Waals surface area contributed by atoms with Gasteiger partial charge in [0.15, 0.2) is 0 Å². The Morgan fingerprint density at radius 3 is 1.09 bits per heavy atom. The van der Waals surface area contributed by atoms with Gasteiger partial charge in [0, 0.05) is 13.7 Å². The van der Waals surface area contributed by atoms with Gasteiger partial charge in [-0.05, 0) is 84.1 Å². The minimum Gasteiger partial charge on any atom is -0.508 e. The molecule has 0 saturated carbocycles. The molecule has 8 heteroatoms. The zero-order valence-electron chi connectivity index (χ0n) is 26.0. The third-order valence-corrected chi connectivity index (χ3v) is 6.01. The first kappa shape index (κ1) is 36.1. The van der Waals surface area contributed by atoms with Crippen LogP contribution in [0.15, 0.2) is 97.1 Å². The maximum absolute atomic E-state index is 9.11. The van der Waals surface area contributed by atoms with Crippen molar-refractivity contribution in [3.8, 4) is 45.3 Å². The molecule has 4 aromatic rings. The molecule has 4 rings (SSSR count). The highest BCUT2D eigenvalue weighted by Gasteiger charge is 2.01. The van der Waals surface area contributed by atoms with Crippen LogP contribution in [-0.2, 0) is 14.2 Å². The largest absolute Gasteiger partial charge is 0.508 e. The van der Waals surface area contributed by atoms with Gasteiger partial charge in [-0.1, -0.05) is 55.5 Å². The molecule has 0 spiro atoms. The minimum atomic E-state index is 0.257. The van der Waals surface area contributed by atoms with Crippen LogP contribution in [0, 0.1) is 0 Å². The number of hydrogen-bond donors (Lipinski definition) is 3. The Labute approximate surface area is 261 Å². The maximum Gasteiger partial charge on any atom is 0.119 e. The second-order valence-corrected chi connectivity index (χ2v) is 9.26. The summed E-state index contributed by atoms with van der Waals surface area (Å²) in [7, 11) is 1.00. The molecular weight excluding hydrogens is 560 g/mol. The summed E-state index contributed by atoms with van der Waals surface area (Å²) in [4.78, 5) is 0. The van der Waals surface area contributed by atoms with E-state index in [1.807, 2.05) is 55.5 Å². The molecule has 0 fully saturated rings. The molecule has 0 bridgehead atoms. The standard InChI is InChI=1S/C23H32O5.C12H10O2.CH4O/c1-3-13-24-14-15-25-16-17-26-18-19-28-23-11-7-21(8-12-23)20-5-9-22(10-6-20)27-4-2;13-11-5-1-9(2-6-11)10-3-7-12(14)8-4-10;1-2/h5-12H,3-4,13-19H2,1-2H3;1-8,13-14H;2H,1H3. The Hall–Kier alpha value is -4.08. The lowest BCUT2D eigenvalue weighted by molar-refractivity contribution is 0.00945. The van der Waals surface area contributed by atoms with E-state index < -0.39 is 0 Å². The minimum absolute atomic E-state index is 0.257. The molecule has 0 aliphatic rings. The molecule has 0 atom stereocenters. The smallest absolute Gasteiger partial charge is 0.119 e. The van der Waals surface area contributed by atoms with Gasteiger partial charge in [0.2, 0.25) is 0 Å². The second-order valence-electron chi connectivity index (χ2n) is 9.26. The molecule has 0 amide bonds. The van der Waals surface area contributed by atoms with Gasteiger partial charge in [-0.25, -0.2) is 0 Å². The monoisotopic (exact) mass is 606 g/mol. The van der Waals surface area contributed by atoms with Crippen molar-refractivity contribution in [2.24, 2.45) is 0 Å². The number of aliphatic hydroxyl groups is 1.